The van der Waals surface area contributed by atoms with E-state index in [1.54, 1.807) is 0 Å². The average Bonchev–Trinajstić information content (AvgIpc) is 2.72. The first-order valence-corrected chi connectivity index (χ1v) is 7.64. The zero-order valence-electron chi connectivity index (χ0n) is 13.4. The molecule has 1 atom stereocenters. The van der Waals surface area contributed by atoms with E-state index in [4.69, 9.17) is 0 Å². The van der Waals surface area contributed by atoms with E-state index in [0.29, 0.717) is 5.41 Å². The largest absolute Gasteiger partial charge is 0.316 e. The SMILES string of the molecule is CCCC(C)(CCc1ccnn1C)CNCC(C)C. The summed E-state index contributed by atoms with van der Waals surface area (Å²) >= 11 is 0. The zero-order chi connectivity index (χ0) is 14.3. The molecule has 0 aliphatic carbocycles. The molecule has 1 rings (SSSR count). The lowest BCUT2D eigenvalue weighted by Crippen LogP contribution is -2.34. The summed E-state index contributed by atoms with van der Waals surface area (Å²) in [5, 5.41) is 7.88. The van der Waals surface area contributed by atoms with Gasteiger partial charge in [0.2, 0.25) is 0 Å². The highest BCUT2D eigenvalue weighted by molar-refractivity contribution is 5.01. The third kappa shape index (κ3) is 5.77. The Bertz CT molecular complexity index is 357. The molecule has 19 heavy (non-hydrogen) atoms. The van der Waals surface area contributed by atoms with Crippen molar-refractivity contribution < 1.29 is 0 Å². The van der Waals surface area contributed by atoms with Gasteiger partial charge in [-0.25, -0.2) is 0 Å². The first-order valence-electron chi connectivity index (χ1n) is 7.64. The van der Waals surface area contributed by atoms with Gasteiger partial charge in [0.05, 0.1) is 0 Å². The molecule has 0 aliphatic heterocycles. The number of nitrogens with zero attached hydrogens (tertiary/aromatic N) is 2. The van der Waals surface area contributed by atoms with Crippen LogP contribution in [0.2, 0.25) is 0 Å². The van der Waals surface area contributed by atoms with Gasteiger partial charge in [0.15, 0.2) is 0 Å². The van der Waals surface area contributed by atoms with Crippen LogP contribution in [0.5, 0.6) is 0 Å². The maximum atomic E-state index is 4.25. The molecule has 0 saturated carbocycles. The number of hydrogen-bond donors (Lipinski definition) is 1. The van der Waals surface area contributed by atoms with Crippen LogP contribution in [0.15, 0.2) is 12.3 Å². The van der Waals surface area contributed by atoms with Crippen LogP contribution in [0.3, 0.4) is 0 Å². The maximum Gasteiger partial charge on any atom is 0.0492 e. The number of nitrogens with one attached hydrogen (secondary N) is 1. The molecule has 1 aromatic rings. The third-order valence-electron chi connectivity index (χ3n) is 3.87. The van der Waals surface area contributed by atoms with Crippen LogP contribution in [-0.4, -0.2) is 22.9 Å². The molecule has 0 bridgehead atoms. The maximum absolute atomic E-state index is 4.25. The first kappa shape index (κ1) is 16.2. The van der Waals surface area contributed by atoms with E-state index < -0.39 is 0 Å². The van der Waals surface area contributed by atoms with E-state index in [2.05, 4.69) is 44.2 Å². The van der Waals surface area contributed by atoms with Crippen LogP contribution >= 0.6 is 0 Å². The van der Waals surface area contributed by atoms with Crippen molar-refractivity contribution in [2.45, 2.75) is 53.4 Å². The number of rotatable bonds is 9. The van der Waals surface area contributed by atoms with Crippen LogP contribution in [-0.2, 0) is 13.5 Å². The number of hydrogen-bond acceptors (Lipinski definition) is 2. The van der Waals surface area contributed by atoms with Gasteiger partial charge in [-0.3, -0.25) is 4.68 Å². The normalized spacial score (nSPS) is 14.8. The van der Waals surface area contributed by atoms with Crippen molar-refractivity contribution >= 4 is 0 Å². The highest BCUT2D eigenvalue weighted by atomic mass is 15.2. The summed E-state index contributed by atoms with van der Waals surface area (Å²) in [7, 11) is 2.03. The van der Waals surface area contributed by atoms with Crippen LogP contribution in [0.25, 0.3) is 0 Å². The Morgan fingerprint density at radius 3 is 2.63 bits per heavy atom. The van der Waals surface area contributed by atoms with Crippen LogP contribution < -0.4 is 5.32 Å². The van der Waals surface area contributed by atoms with Crippen LogP contribution in [0.4, 0.5) is 0 Å². The minimum absolute atomic E-state index is 0.397. The Morgan fingerprint density at radius 1 is 1.37 bits per heavy atom. The van der Waals surface area contributed by atoms with Crippen molar-refractivity contribution in [2.24, 2.45) is 18.4 Å². The highest BCUT2D eigenvalue weighted by Gasteiger charge is 2.23. The van der Waals surface area contributed by atoms with Gasteiger partial charge in [0.1, 0.15) is 0 Å². The fourth-order valence-corrected chi connectivity index (χ4v) is 2.64. The Kier molecular flexibility index (Phi) is 6.56. The fourth-order valence-electron chi connectivity index (χ4n) is 2.64. The first-order chi connectivity index (χ1) is 8.97. The Hall–Kier alpha value is -0.830. The Morgan fingerprint density at radius 2 is 2.11 bits per heavy atom. The molecule has 1 aromatic heterocycles. The molecule has 3 heteroatoms. The molecular weight excluding hydrogens is 234 g/mol. The highest BCUT2D eigenvalue weighted by Crippen LogP contribution is 2.28. The predicted molar refractivity (Wildman–Crippen MR) is 82.3 cm³/mol. The smallest absolute Gasteiger partial charge is 0.0492 e. The van der Waals surface area contributed by atoms with Crippen molar-refractivity contribution in [1.29, 1.82) is 0 Å². The quantitative estimate of drug-likeness (QED) is 0.741. The van der Waals surface area contributed by atoms with Crippen LogP contribution in [0.1, 0.15) is 52.7 Å². The molecule has 1 N–H and O–H groups in total. The minimum Gasteiger partial charge on any atom is -0.316 e. The molecule has 1 heterocycles. The van der Waals surface area contributed by atoms with Crippen molar-refractivity contribution in [1.82, 2.24) is 15.1 Å². The summed E-state index contributed by atoms with van der Waals surface area (Å²) in [6.45, 7) is 11.5. The van der Waals surface area contributed by atoms with E-state index in [1.165, 1.54) is 25.0 Å². The van der Waals surface area contributed by atoms with Crippen molar-refractivity contribution in [3.8, 4) is 0 Å². The molecule has 3 nitrogen and oxygen atoms in total. The lowest BCUT2D eigenvalue weighted by Gasteiger charge is -2.30. The average molecular weight is 265 g/mol. The molecule has 0 aromatic carbocycles. The molecule has 0 amide bonds. The number of aromatic nitrogens is 2. The summed E-state index contributed by atoms with van der Waals surface area (Å²) in [6.07, 6.45) is 6.78. The summed E-state index contributed by atoms with van der Waals surface area (Å²) in [5.74, 6) is 0.725. The summed E-state index contributed by atoms with van der Waals surface area (Å²) in [6, 6.07) is 2.13. The van der Waals surface area contributed by atoms with Gasteiger partial charge in [-0.15, -0.1) is 0 Å². The standard InChI is InChI=1S/C16H31N3/c1-6-9-16(4,13-17-12-14(2)3)10-7-15-8-11-18-19(15)5/h8,11,14,17H,6-7,9-10,12-13H2,1-5H3. The van der Waals surface area contributed by atoms with Crippen molar-refractivity contribution in [3.05, 3.63) is 18.0 Å². The Labute approximate surface area is 118 Å². The monoisotopic (exact) mass is 265 g/mol. The second-order valence-corrected chi connectivity index (χ2v) is 6.53. The summed E-state index contributed by atoms with van der Waals surface area (Å²) < 4.78 is 1.99. The molecular formula is C16H31N3. The van der Waals surface area contributed by atoms with Gasteiger partial charge < -0.3 is 5.32 Å². The van der Waals surface area contributed by atoms with Crippen molar-refractivity contribution in [3.63, 3.8) is 0 Å². The van der Waals surface area contributed by atoms with Gasteiger partial charge >= 0.3 is 0 Å². The molecule has 0 radical (unpaired) electrons. The molecule has 110 valence electrons. The summed E-state index contributed by atoms with van der Waals surface area (Å²) in [4.78, 5) is 0. The van der Waals surface area contributed by atoms with Gasteiger partial charge in [-0.1, -0.05) is 34.1 Å². The zero-order valence-corrected chi connectivity index (χ0v) is 13.4. The van der Waals surface area contributed by atoms with E-state index in [0.717, 1.165) is 25.4 Å². The van der Waals surface area contributed by atoms with E-state index in [9.17, 15) is 0 Å². The summed E-state index contributed by atoms with van der Waals surface area (Å²) in [5.41, 5.74) is 1.74. The molecule has 1 unspecified atom stereocenters. The topological polar surface area (TPSA) is 29.9 Å². The second-order valence-electron chi connectivity index (χ2n) is 6.53. The van der Waals surface area contributed by atoms with Crippen LogP contribution in [0, 0.1) is 11.3 Å². The molecule has 0 spiro atoms. The van der Waals surface area contributed by atoms with E-state index in [-0.39, 0.29) is 0 Å². The number of aryl methyl sites for hydroxylation is 2. The lowest BCUT2D eigenvalue weighted by molar-refractivity contribution is 0.250. The van der Waals surface area contributed by atoms with E-state index >= 15 is 0 Å². The molecule has 0 saturated heterocycles. The van der Waals surface area contributed by atoms with Gasteiger partial charge in [-0.2, -0.15) is 5.10 Å². The third-order valence-corrected chi connectivity index (χ3v) is 3.87. The Balaban J connectivity index is 2.48. The fraction of sp³-hybridized carbons (Fsp3) is 0.812. The molecule has 0 fully saturated rings. The van der Waals surface area contributed by atoms with E-state index in [1.807, 2.05) is 17.9 Å². The molecule has 0 aliphatic rings. The van der Waals surface area contributed by atoms with Gasteiger partial charge in [0, 0.05) is 25.5 Å². The van der Waals surface area contributed by atoms with Gasteiger partial charge in [-0.05, 0) is 43.2 Å². The second kappa shape index (κ2) is 7.68. The van der Waals surface area contributed by atoms with Gasteiger partial charge in [0.25, 0.3) is 0 Å². The minimum atomic E-state index is 0.397. The lowest BCUT2D eigenvalue weighted by atomic mass is 9.80. The van der Waals surface area contributed by atoms with Crippen molar-refractivity contribution in [2.75, 3.05) is 13.1 Å². The predicted octanol–water partition coefficient (Wildman–Crippen LogP) is 3.40.